The van der Waals surface area contributed by atoms with Crippen molar-refractivity contribution >= 4 is 40.1 Å². The molecule has 2 aliphatic rings. The van der Waals surface area contributed by atoms with Crippen LogP contribution in [-0.4, -0.2) is 24.8 Å². The number of amidine groups is 1. The molecule has 1 aromatic carbocycles. The maximum absolute atomic E-state index is 5.32. The zero-order chi connectivity index (χ0) is 11.2. The SMILES string of the molecule is SCC1=NC2(COC2)c2ccc(Br)cc2N1. The highest BCUT2D eigenvalue weighted by atomic mass is 79.9. The highest BCUT2D eigenvalue weighted by molar-refractivity contribution is 9.10. The normalized spacial score (nSPS) is 20.8. The van der Waals surface area contributed by atoms with E-state index in [1.807, 2.05) is 6.07 Å². The highest BCUT2D eigenvalue weighted by Gasteiger charge is 2.44. The second kappa shape index (κ2) is 3.75. The van der Waals surface area contributed by atoms with E-state index in [-0.39, 0.29) is 5.54 Å². The fraction of sp³-hybridized carbons (Fsp3) is 0.364. The predicted molar refractivity (Wildman–Crippen MR) is 71.5 cm³/mol. The predicted octanol–water partition coefficient (Wildman–Crippen LogP) is 2.43. The van der Waals surface area contributed by atoms with Crippen LogP contribution in [-0.2, 0) is 10.3 Å². The van der Waals surface area contributed by atoms with Crippen molar-refractivity contribution in [3.05, 3.63) is 28.2 Å². The summed E-state index contributed by atoms with van der Waals surface area (Å²) < 4.78 is 6.39. The topological polar surface area (TPSA) is 33.6 Å². The fourth-order valence-electron chi connectivity index (χ4n) is 2.12. The number of thiol groups is 1. The number of halogens is 1. The molecule has 1 spiro atoms. The van der Waals surface area contributed by atoms with Crippen LogP contribution in [0.2, 0.25) is 0 Å². The Bertz CT molecular complexity index is 471. The molecule has 3 rings (SSSR count). The van der Waals surface area contributed by atoms with Crippen LogP contribution in [0.4, 0.5) is 5.69 Å². The van der Waals surface area contributed by atoms with Gasteiger partial charge >= 0.3 is 0 Å². The molecule has 2 heterocycles. The van der Waals surface area contributed by atoms with Gasteiger partial charge in [-0.15, -0.1) is 0 Å². The van der Waals surface area contributed by atoms with Gasteiger partial charge in [0.1, 0.15) is 11.4 Å². The molecule has 0 unspecified atom stereocenters. The molecule has 84 valence electrons. The summed E-state index contributed by atoms with van der Waals surface area (Å²) >= 11 is 7.76. The minimum atomic E-state index is -0.167. The van der Waals surface area contributed by atoms with Crippen LogP contribution in [0.5, 0.6) is 0 Å². The first-order chi connectivity index (χ1) is 7.73. The second-order valence-corrected chi connectivity index (χ2v) is 5.29. The lowest BCUT2D eigenvalue weighted by Crippen LogP contribution is -2.49. The maximum Gasteiger partial charge on any atom is 0.136 e. The number of hydrogen-bond acceptors (Lipinski definition) is 4. The Labute approximate surface area is 108 Å². The number of aliphatic imine (C=N–C) groups is 1. The molecule has 1 aromatic rings. The summed E-state index contributed by atoms with van der Waals surface area (Å²) in [5.41, 5.74) is 2.16. The van der Waals surface area contributed by atoms with E-state index in [1.165, 1.54) is 5.56 Å². The van der Waals surface area contributed by atoms with Gasteiger partial charge in [0.15, 0.2) is 0 Å². The van der Waals surface area contributed by atoms with Gasteiger partial charge in [0.2, 0.25) is 0 Å². The van der Waals surface area contributed by atoms with Crippen molar-refractivity contribution in [2.45, 2.75) is 5.54 Å². The number of nitrogens with zero attached hydrogens (tertiary/aromatic N) is 1. The van der Waals surface area contributed by atoms with Gasteiger partial charge in [-0.25, -0.2) is 0 Å². The smallest absolute Gasteiger partial charge is 0.136 e. The largest absolute Gasteiger partial charge is 0.375 e. The first-order valence-corrected chi connectivity index (χ1v) is 6.50. The summed E-state index contributed by atoms with van der Waals surface area (Å²) in [4.78, 5) is 4.70. The molecule has 5 heteroatoms. The number of benzene rings is 1. The summed E-state index contributed by atoms with van der Waals surface area (Å²) in [6.45, 7) is 1.33. The summed E-state index contributed by atoms with van der Waals surface area (Å²) in [5, 5.41) is 3.30. The molecule has 0 bridgehead atoms. The van der Waals surface area contributed by atoms with Gasteiger partial charge < -0.3 is 10.1 Å². The first kappa shape index (κ1) is 10.6. The van der Waals surface area contributed by atoms with Crippen molar-refractivity contribution in [3.8, 4) is 0 Å². The monoisotopic (exact) mass is 298 g/mol. The third kappa shape index (κ3) is 1.49. The zero-order valence-corrected chi connectivity index (χ0v) is 11.0. The number of nitrogens with one attached hydrogen (secondary N) is 1. The molecule has 1 fully saturated rings. The first-order valence-electron chi connectivity index (χ1n) is 5.08. The molecule has 0 aromatic heterocycles. The van der Waals surface area contributed by atoms with Crippen molar-refractivity contribution in [2.24, 2.45) is 4.99 Å². The van der Waals surface area contributed by atoms with Crippen molar-refractivity contribution in [2.75, 3.05) is 24.3 Å². The Morgan fingerprint density at radius 2 is 2.31 bits per heavy atom. The van der Waals surface area contributed by atoms with Crippen molar-refractivity contribution in [3.63, 3.8) is 0 Å². The average molecular weight is 299 g/mol. The summed E-state index contributed by atoms with van der Waals surface area (Å²) in [6, 6.07) is 6.23. The fourth-order valence-corrected chi connectivity index (χ4v) is 2.63. The standard InChI is InChI=1S/C11H11BrN2OS/c12-7-1-2-8-9(3-7)13-10(4-16)14-11(8)5-15-6-11/h1-3,16H,4-6H2,(H,13,14). The van der Waals surface area contributed by atoms with Crippen LogP contribution in [0.3, 0.4) is 0 Å². The summed E-state index contributed by atoms with van der Waals surface area (Å²) in [5.74, 6) is 1.53. The van der Waals surface area contributed by atoms with Crippen LogP contribution >= 0.6 is 28.6 Å². The Hall–Kier alpha value is -0.520. The van der Waals surface area contributed by atoms with Crippen LogP contribution in [0, 0.1) is 0 Å². The molecule has 16 heavy (non-hydrogen) atoms. The summed E-state index contributed by atoms with van der Waals surface area (Å²) in [7, 11) is 0. The van der Waals surface area contributed by atoms with Crippen LogP contribution in [0.15, 0.2) is 27.7 Å². The van der Waals surface area contributed by atoms with Crippen LogP contribution < -0.4 is 5.32 Å². The Morgan fingerprint density at radius 3 is 2.94 bits per heavy atom. The van der Waals surface area contributed by atoms with Gasteiger partial charge in [0.05, 0.1) is 13.2 Å². The molecule has 1 saturated heterocycles. The molecular formula is C11H11BrN2OS. The Balaban J connectivity index is 2.12. The second-order valence-electron chi connectivity index (χ2n) is 4.06. The van der Waals surface area contributed by atoms with E-state index >= 15 is 0 Å². The van der Waals surface area contributed by atoms with Crippen LogP contribution in [0.1, 0.15) is 5.56 Å². The third-order valence-electron chi connectivity index (χ3n) is 2.94. The van der Waals surface area contributed by atoms with Gasteiger partial charge in [-0.3, -0.25) is 4.99 Å². The number of rotatable bonds is 1. The Morgan fingerprint density at radius 1 is 1.50 bits per heavy atom. The van der Waals surface area contributed by atoms with Crippen molar-refractivity contribution in [1.82, 2.24) is 0 Å². The van der Waals surface area contributed by atoms with Gasteiger partial charge in [0.25, 0.3) is 0 Å². The quantitative estimate of drug-likeness (QED) is 0.781. The lowest BCUT2D eigenvalue weighted by molar-refractivity contribution is -0.0555. The third-order valence-corrected chi connectivity index (χ3v) is 3.74. The van der Waals surface area contributed by atoms with Gasteiger partial charge in [-0.05, 0) is 12.1 Å². The van der Waals surface area contributed by atoms with Gasteiger partial charge in [-0.2, -0.15) is 12.6 Å². The van der Waals surface area contributed by atoms with Gasteiger partial charge in [0, 0.05) is 21.5 Å². The van der Waals surface area contributed by atoms with E-state index in [0.29, 0.717) is 19.0 Å². The Kier molecular flexibility index (Phi) is 2.49. The number of anilines is 1. The average Bonchev–Trinajstić information content (AvgIpc) is 2.24. The van der Waals surface area contributed by atoms with E-state index in [2.05, 4.69) is 46.0 Å². The minimum absolute atomic E-state index is 0.167. The van der Waals surface area contributed by atoms with Crippen LogP contribution in [0.25, 0.3) is 0 Å². The highest BCUT2D eigenvalue weighted by Crippen LogP contribution is 2.41. The number of fused-ring (bicyclic) bond motifs is 2. The molecule has 0 saturated carbocycles. The van der Waals surface area contributed by atoms with E-state index in [0.717, 1.165) is 16.0 Å². The molecule has 0 radical (unpaired) electrons. The van der Waals surface area contributed by atoms with Crippen molar-refractivity contribution in [1.29, 1.82) is 0 Å². The molecule has 3 nitrogen and oxygen atoms in total. The number of hydrogen-bond donors (Lipinski definition) is 2. The minimum Gasteiger partial charge on any atom is -0.375 e. The van der Waals surface area contributed by atoms with E-state index in [1.54, 1.807) is 0 Å². The van der Waals surface area contributed by atoms with E-state index in [4.69, 9.17) is 9.73 Å². The zero-order valence-electron chi connectivity index (χ0n) is 8.53. The number of ether oxygens (including phenoxy) is 1. The molecule has 0 amide bonds. The summed E-state index contributed by atoms with van der Waals surface area (Å²) in [6.07, 6.45) is 0. The van der Waals surface area contributed by atoms with Gasteiger partial charge in [-0.1, -0.05) is 22.0 Å². The van der Waals surface area contributed by atoms with E-state index < -0.39 is 0 Å². The molecule has 0 atom stereocenters. The lowest BCUT2D eigenvalue weighted by Gasteiger charge is -2.42. The molecular weight excluding hydrogens is 288 g/mol. The molecule has 2 aliphatic heterocycles. The maximum atomic E-state index is 5.32. The lowest BCUT2D eigenvalue weighted by atomic mass is 9.86. The molecule has 0 aliphatic carbocycles. The molecule has 1 N–H and O–H groups in total. The van der Waals surface area contributed by atoms with E-state index in [9.17, 15) is 0 Å². The van der Waals surface area contributed by atoms with Crippen molar-refractivity contribution < 1.29 is 4.74 Å².